The minimum atomic E-state index is -0.195. The molecule has 31 heavy (non-hydrogen) atoms. The summed E-state index contributed by atoms with van der Waals surface area (Å²) in [7, 11) is 1.78. The molecule has 0 saturated heterocycles. The first-order chi connectivity index (χ1) is 14.9. The molecule has 0 aliphatic rings. The Morgan fingerprint density at radius 3 is 2.61 bits per heavy atom. The summed E-state index contributed by atoms with van der Waals surface area (Å²) in [5.41, 5.74) is 3.60. The van der Waals surface area contributed by atoms with E-state index in [0.29, 0.717) is 27.5 Å². The van der Waals surface area contributed by atoms with Crippen molar-refractivity contribution < 1.29 is 9.32 Å². The maximum Gasteiger partial charge on any atom is 0.296 e. The van der Waals surface area contributed by atoms with E-state index < -0.39 is 0 Å². The first-order valence-electron chi connectivity index (χ1n) is 9.40. The molecular weight excluding hydrogens is 436 g/mol. The predicted octanol–water partition coefficient (Wildman–Crippen LogP) is 4.53. The highest BCUT2D eigenvalue weighted by Gasteiger charge is 2.19. The second-order valence-electron chi connectivity index (χ2n) is 6.97. The number of nitrogens with one attached hydrogen (secondary N) is 1. The fraction of sp³-hybridized carbons (Fsp3) is 0.190. The van der Waals surface area contributed by atoms with Crippen LogP contribution in [-0.2, 0) is 11.8 Å². The van der Waals surface area contributed by atoms with Gasteiger partial charge in [0.1, 0.15) is 0 Å². The third-order valence-electron chi connectivity index (χ3n) is 4.49. The molecule has 0 aliphatic carbocycles. The van der Waals surface area contributed by atoms with Crippen molar-refractivity contribution in [1.82, 2.24) is 24.9 Å². The van der Waals surface area contributed by atoms with E-state index in [-0.39, 0.29) is 17.6 Å². The highest BCUT2D eigenvalue weighted by molar-refractivity contribution is 7.99. The van der Waals surface area contributed by atoms with E-state index >= 15 is 0 Å². The van der Waals surface area contributed by atoms with Gasteiger partial charge in [0.25, 0.3) is 5.89 Å². The molecule has 0 atom stereocenters. The molecule has 158 valence electrons. The quantitative estimate of drug-likeness (QED) is 0.427. The number of rotatable bonds is 6. The fourth-order valence-corrected chi connectivity index (χ4v) is 3.79. The molecule has 0 bridgehead atoms. The third kappa shape index (κ3) is 4.78. The number of halogens is 1. The molecule has 1 N–H and O–H groups in total. The average molecular weight is 455 g/mol. The Balaban J connectivity index is 1.42. The van der Waals surface area contributed by atoms with Crippen LogP contribution in [0.1, 0.15) is 11.1 Å². The molecule has 2 aromatic heterocycles. The second-order valence-corrected chi connectivity index (χ2v) is 8.32. The molecular formula is C21H19ClN6O2S. The summed E-state index contributed by atoms with van der Waals surface area (Å²) in [5.74, 6) is 1.11. The molecule has 4 aromatic rings. The van der Waals surface area contributed by atoms with Gasteiger partial charge in [0.15, 0.2) is 5.16 Å². The zero-order chi connectivity index (χ0) is 22.0. The van der Waals surface area contributed by atoms with E-state index in [0.717, 1.165) is 16.7 Å². The van der Waals surface area contributed by atoms with Crippen LogP contribution in [0.25, 0.3) is 23.1 Å². The molecule has 0 fully saturated rings. The number of aryl methyl sites for hydroxylation is 2. The summed E-state index contributed by atoms with van der Waals surface area (Å²) in [6, 6.07) is 13.3. The molecule has 2 aromatic carbocycles. The van der Waals surface area contributed by atoms with Crippen molar-refractivity contribution in [2.24, 2.45) is 7.05 Å². The van der Waals surface area contributed by atoms with Crippen LogP contribution in [0, 0.1) is 13.8 Å². The largest absolute Gasteiger partial charge is 0.330 e. The Labute approximate surface area is 188 Å². The highest BCUT2D eigenvalue weighted by atomic mass is 35.5. The van der Waals surface area contributed by atoms with Gasteiger partial charge in [-0.1, -0.05) is 64.4 Å². The summed E-state index contributed by atoms with van der Waals surface area (Å²) >= 11 is 7.42. The van der Waals surface area contributed by atoms with E-state index in [4.69, 9.17) is 16.1 Å². The van der Waals surface area contributed by atoms with Gasteiger partial charge in [-0.15, -0.1) is 10.2 Å². The minimum absolute atomic E-state index is 0.147. The number of anilines is 1. The molecule has 0 unspecified atom stereocenters. The van der Waals surface area contributed by atoms with E-state index in [1.165, 1.54) is 11.8 Å². The molecule has 4 rings (SSSR count). The lowest BCUT2D eigenvalue weighted by Gasteiger charge is -2.07. The average Bonchev–Trinajstić information content (AvgIpc) is 3.36. The van der Waals surface area contributed by atoms with Crippen molar-refractivity contribution in [2.75, 3.05) is 11.1 Å². The van der Waals surface area contributed by atoms with E-state index in [1.807, 2.05) is 44.2 Å². The highest BCUT2D eigenvalue weighted by Crippen LogP contribution is 2.26. The number of thioether (sulfide) groups is 1. The summed E-state index contributed by atoms with van der Waals surface area (Å²) in [6.45, 7) is 3.95. The minimum Gasteiger partial charge on any atom is -0.330 e. The molecule has 0 radical (unpaired) electrons. The Morgan fingerprint density at radius 2 is 1.87 bits per heavy atom. The molecule has 10 heteroatoms. The zero-order valence-electron chi connectivity index (χ0n) is 17.1. The Bertz CT molecular complexity index is 1240. The van der Waals surface area contributed by atoms with Gasteiger partial charge in [0, 0.05) is 12.6 Å². The number of aromatic nitrogens is 5. The second kappa shape index (κ2) is 8.91. The number of amides is 1. The van der Waals surface area contributed by atoms with Gasteiger partial charge in [0.2, 0.25) is 17.6 Å². The summed E-state index contributed by atoms with van der Waals surface area (Å²) in [6.07, 6.45) is 0. The van der Waals surface area contributed by atoms with Crippen LogP contribution in [0.2, 0.25) is 5.02 Å². The number of hydrogen-bond donors (Lipinski definition) is 1. The van der Waals surface area contributed by atoms with Crippen LogP contribution < -0.4 is 5.32 Å². The van der Waals surface area contributed by atoms with E-state index in [9.17, 15) is 4.79 Å². The van der Waals surface area contributed by atoms with Crippen molar-refractivity contribution in [3.05, 3.63) is 58.6 Å². The Morgan fingerprint density at radius 1 is 1.13 bits per heavy atom. The van der Waals surface area contributed by atoms with Gasteiger partial charge >= 0.3 is 0 Å². The first-order valence-corrected chi connectivity index (χ1v) is 10.8. The molecule has 1 amide bonds. The van der Waals surface area contributed by atoms with Gasteiger partial charge in [-0.25, -0.2) is 0 Å². The molecule has 0 saturated carbocycles. The number of nitrogens with zero attached hydrogens (tertiary/aromatic N) is 5. The number of carbonyl (C=O) groups excluding carboxylic acids is 1. The van der Waals surface area contributed by atoms with Gasteiger partial charge < -0.3 is 14.4 Å². The lowest BCUT2D eigenvalue weighted by atomic mass is 10.1. The molecule has 8 nitrogen and oxygen atoms in total. The van der Waals surface area contributed by atoms with E-state index in [1.54, 1.807) is 23.7 Å². The smallest absolute Gasteiger partial charge is 0.296 e. The SMILES string of the molecule is Cc1ccc(-c2noc(-c3nnc(SCC(=O)Nc4ccc(C)cc4Cl)n3C)n2)cc1. The van der Waals surface area contributed by atoms with Gasteiger partial charge in [-0.3, -0.25) is 4.79 Å². The normalized spacial score (nSPS) is 11.0. The maximum atomic E-state index is 12.3. The van der Waals surface area contributed by atoms with Gasteiger partial charge in [-0.05, 0) is 31.5 Å². The van der Waals surface area contributed by atoms with E-state index in [2.05, 4.69) is 25.7 Å². The van der Waals surface area contributed by atoms with Crippen LogP contribution >= 0.6 is 23.4 Å². The van der Waals surface area contributed by atoms with Gasteiger partial charge in [0.05, 0.1) is 16.5 Å². The Hall–Kier alpha value is -3.17. The maximum absolute atomic E-state index is 12.3. The van der Waals surface area contributed by atoms with Crippen molar-refractivity contribution in [3.8, 4) is 23.1 Å². The van der Waals surface area contributed by atoms with Gasteiger partial charge in [-0.2, -0.15) is 4.98 Å². The number of benzene rings is 2. The topological polar surface area (TPSA) is 98.7 Å². The predicted molar refractivity (Wildman–Crippen MR) is 120 cm³/mol. The van der Waals surface area contributed by atoms with Crippen LogP contribution in [0.15, 0.2) is 52.1 Å². The molecule has 0 aliphatic heterocycles. The summed E-state index contributed by atoms with van der Waals surface area (Å²) in [5, 5.41) is 16.2. The van der Waals surface area contributed by atoms with Crippen molar-refractivity contribution in [2.45, 2.75) is 19.0 Å². The third-order valence-corrected chi connectivity index (χ3v) is 5.83. The fourth-order valence-electron chi connectivity index (χ4n) is 2.80. The van der Waals surface area contributed by atoms with Crippen LogP contribution in [-0.4, -0.2) is 36.6 Å². The zero-order valence-corrected chi connectivity index (χ0v) is 18.7. The van der Waals surface area contributed by atoms with Crippen molar-refractivity contribution in [1.29, 1.82) is 0 Å². The standard InChI is InChI=1S/C21H19ClN6O2S/c1-12-4-7-14(8-5-12)18-24-20(30-27-18)19-25-26-21(28(19)3)31-11-17(29)23-16-9-6-13(2)10-15(16)22/h4-10H,11H2,1-3H3,(H,23,29). The molecule has 2 heterocycles. The lowest BCUT2D eigenvalue weighted by molar-refractivity contribution is -0.113. The number of hydrogen-bond acceptors (Lipinski definition) is 7. The van der Waals surface area contributed by atoms with Crippen molar-refractivity contribution in [3.63, 3.8) is 0 Å². The Kier molecular flexibility index (Phi) is 6.06. The summed E-state index contributed by atoms with van der Waals surface area (Å²) < 4.78 is 7.08. The molecule has 0 spiro atoms. The summed E-state index contributed by atoms with van der Waals surface area (Å²) in [4.78, 5) is 16.7. The van der Waals surface area contributed by atoms with Crippen LogP contribution in [0.4, 0.5) is 5.69 Å². The van der Waals surface area contributed by atoms with Crippen LogP contribution in [0.3, 0.4) is 0 Å². The number of carbonyl (C=O) groups is 1. The van der Waals surface area contributed by atoms with Crippen LogP contribution in [0.5, 0.6) is 0 Å². The lowest BCUT2D eigenvalue weighted by Crippen LogP contribution is -2.14. The monoisotopic (exact) mass is 454 g/mol. The van der Waals surface area contributed by atoms with Crippen molar-refractivity contribution >= 4 is 35.0 Å². The first kappa shape index (κ1) is 21.1.